The average molecular weight is 246 g/mol. The van der Waals surface area contributed by atoms with Crippen molar-refractivity contribution in [2.45, 2.75) is 32.6 Å². The van der Waals surface area contributed by atoms with E-state index >= 15 is 0 Å². The first-order chi connectivity index (χ1) is 8.74. The Labute approximate surface area is 111 Å². The number of fused-ring (bicyclic) bond motifs is 1. The van der Waals surface area contributed by atoms with Crippen LogP contribution in [0.3, 0.4) is 0 Å². The van der Waals surface area contributed by atoms with Gasteiger partial charge in [0.2, 0.25) is 0 Å². The summed E-state index contributed by atoms with van der Waals surface area (Å²) in [6, 6.07) is 7.01. The van der Waals surface area contributed by atoms with Gasteiger partial charge in [0.25, 0.3) is 0 Å². The molecular formula is C16H26N2. The number of hydrogen-bond acceptors (Lipinski definition) is 2. The van der Waals surface area contributed by atoms with Crippen molar-refractivity contribution in [3.05, 3.63) is 29.3 Å². The Morgan fingerprint density at radius 2 is 2.06 bits per heavy atom. The highest BCUT2D eigenvalue weighted by molar-refractivity contribution is 5.51. The number of aryl methyl sites for hydroxylation is 2. The fourth-order valence-corrected chi connectivity index (χ4v) is 2.92. The van der Waals surface area contributed by atoms with Crippen molar-refractivity contribution in [1.82, 2.24) is 5.32 Å². The van der Waals surface area contributed by atoms with E-state index < -0.39 is 0 Å². The van der Waals surface area contributed by atoms with Crippen LogP contribution in [0.15, 0.2) is 18.2 Å². The molecule has 0 fully saturated rings. The van der Waals surface area contributed by atoms with Crippen molar-refractivity contribution < 1.29 is 0 Å². The minimum Gasteiger partial charge on any atom is -0.374 e. The number of rotatable bonds is 6. The molecule has 2 nitrogen and oxygen atoms in total. The molecule has 0 aliphatic heterocycles. The molecule has 2 rings (SSSR count). The third-order valence-electron chi connectivity index (χ3n) is 4.13. The van der Waals surface area contributed by atoms with Gasteiger partial charge in [-0.15, -0.1) is 0 Å². The molecule has 0 bridgehead atoms. The maximum Gasteiger partial charge on any atom is 0.0366 e. The smallest absolute Gasteiger partial charge is 0.0366 e. The third-order valence-corrected chi connectivity index (χ3v) is 4.13. The van der Waals surface area contributed by atoms with Gasteiger partial charge >= 0.3 is 0 Å². The Balaban J connectivity index is 2.02. The molecule has 0 saturated carbocycles. The molecule has 2 heteroatoms. The Morgan fingerprint density at radius 3 is 2.78 bits per heavy atom. The van der Waals surface area contributed by atoms with Crippen LogP contribution in [0.25, 0.3) is 0 Å². The molecule has 1 aliphatic rings. The van der Waals surface area contributed by atoms with Crippen LogP contribution in [0.2, 0.25) is 0 Å². The first-order valence-corrected chi connectivity index (χ1v) is 7.22. The molecule has 18 heavy (non-hydrogen) atoms. The quantitative estimate of drug-likeness (QED) is 0.830. The molecule has 0 radical (unpaired) electrons. The highest BCUT2D eigenvalue weighted by atomic mass is 15.1. The Hall–Kier alpha value is -1.02. The zero-order valence-electron chi connectivity index (χ0n) is 12.0. The minimum absolute atomic E-state index is 0.730. The van der Waals surface area contributed by atoms with Crippen molar-refractivity contribution in [3.8, 4) is 0 Å². The van der Waals surface area contributed by atoms with Gasteiger partial charge in [0, 0.05) is 19.3 Å². The van der Waals surface area contributed by atoms with Gasteiger partial charge in [-0.3, -0.25) is 0 Å². The van der Waals surface area contributed by atoms with Crippen molar-refractivity contribution in [3.63, 3.8) is 0 Å². The normalized spacial score (nSPS) is 15.5. The van der Waals surface area contributed by atoms with E-state index in [1.165, 1.54) is 31.4 Å². The van der Waals surface area contributed by atoms with E-state index in [0.717, 1.165) is 19.0 Å². The standard InChI is InChI=1S/C16H26N2/c1-4-13(11-17-2)12-18(3)16-9-8-14-6-5-7-15(14)10-16/h8-10,13,17H,4-7,11-12H2,1-3H3. The monoisotopic (exact) mass is 246 g/mol. The van der Waals surface area contributed by atoms with Crippen molar-refractivity contribution in [2.24, 2.45) is 5.92 Å². The van der Waals surface area contributed by atoms with Gasteiger partial charge in [-0.2, -0.15) is 0 Å². The van der Waals surface area contributed by atoms with Crippen LogP contribution < -0.4 is 10.2 Å². The van der Waals surface area contributed by atoms with Crippen LogP contribution in [0, 0.1) is 5.92 Å². The van der Waals surface area contributed by atoms with Gasteiger partial charge in [-0.1, -0.05) is 19.4 Å². The number of benzene rings is 1. The molecule has 0 heterocycles. The minimum atomic E-state index is 0.730. The Morgan fingerprint density at radius 1 is 1.28 bits per heavy atom. The lowest BCUT2D eigenvalue weighted by Gasteiger charge is -2.25. The van der Waals surface area contributed by atoms with Crippen LogP contribution in [-0.4, -0.2) is 27.2 Å². The van der Waals surface area contributed by atoms with Crippen LogP contribution >= 0.6 is 0 Å². The van der Waals surface area contributed by atoms with Gasteiger partial charge in [0.1, 0.15) is 0 Å². The molecule has 1 N–H and O–H groups in total. The fraction of sp³-hybridized carbons (Fsp3) is 0.625. The molecule has 0 amide bonds. The second-order valence-corrected chi connectivity index (χ2v) is 5.52. The van der Waals surface area contributed by atoms with Crippen molar-refractivity contribution >= 4 is 5.69 Å². The SMILES string of the molecule is CCC(CNC)CN(C)c1ccc2c(c1)CCC2. The highest BCUT2D eigenvalue weighted by Crippen LogP contribution is 2.26. The molecule has 1 aliphatic carbocycles. The van der Waals surface area contributed by atoms with E-state index in [4.69, 9.17) is 0 Å². The van der Waals surface area contributed by atoms with Crippen molar-refractivity contribution in [1.29, 1.82) is 0 Å². The second-order valence-electron chi connectivity index (χ2n) is 5.52. The topological polar surface area (TPSA) is 15.3 Å². The molecule has 0 spiro atoms. The zero-order chi connectivity index (χ0) is 13.0. The van der Waals surface area contributed by atoms with E-state index in [1.807, 2.05) is 7.05 Å². The molecule has 1 atom stereocenters. The molecule has 0 saturated heterocycles. The molecule has 1 aromatic carbocycles. The number of hydrogen-bond donors (Lipinski definition) is 1. The fourth-order valence-electron chi connectivity index (χ4n) is 2.92. The predicted octanol–water partition coefficient (Wildman–Crippen LogP) is 2.86. The summed E-state index contributed by atoms with van der Waals surface area (Å²) in [5.41, 5.74) is 4.51. The third kappa shape index (κ3) is 3.05. The van der Waals surface area contributed by atoms with Crippen molar-refractivity contribution in [2.75, 3.05) is 32.1 Å². The molecule has 100 valence electrons. The van der Waals surface area contributed by atoms with Crippen LogP contribution in [-0.2, 0) is 12.8 Å². The average Bonchev–Trinajstić information content (AvgIpc) is 2.85. The van der Waals surface area contributed by atoms with E-state index in [0.29, 0.717) is 0 Å². The number of anilines is 1. The summed E-state index contributed by atoms with van der Waals surface area (Å²) in [7, 11) is 4.26. The number of nitrogens with zero attached hydrogens (tertiary/aromatic N) is 1. The van der Waals surface area contributed by atoms with Gasteiger partial charge in [0.05, 0.1) is 0 Å². The maximum atomic E-state index is 3.29. The second kappa shape index (κ2) is 6.24. The van der Waals surface area contributed by atoms with E-state index in [-0.39, 0.29) is 0 Å². The lowest BCUT2D eigenvalue weighted by molar-refractivity contribution is 0.485. The summed E-state index contributed by atoms with van der Waals surface area (Å²) in [5.74, 6) is 0.730. The summed E-state index contributed by atoms with van der Waals surface area (Å²) < 4.78 is 0. The summed E-state index contributed by atoms with van der Waals surface area (Å²) >= 11 is 0. The van der Waals surface area contributed by atoms with Crippen LogP contribution in [0.5, 0.6) is 0 Å². The summed E-state index contributed by atoms with van der Waals surface area (Å²) in [4.78, 5) is 2.41. The van der Waals surface area contributed by atoms with Crippen LogP contribution in [0.4, 0.5) is 5.69 Å². The van der Waals surface area contributed by atoms with Gasteiger partial charge in [-0.05, 0) is 62.0 Å². The van der Waals surface area contributed by atoms with Crippen LogP contribution in [0.1, 0.15) is 30.9 Å². The molecular weight excluding hydrogens is 220 g/mol. The molecule has 1 aromatic rings. The largest absolute Gasteiger partial charge is 0.374 e. The van der Waals surface area contributed by atoms with Gasteiger partial charge in [0.15, 0.2) is 0 Å². The lowest BCUT2D eigenvalue weighted by atomic mass is 10.0. The van der Waals surface area contributed by atoms with Gasteiger partial charge in [-0.25, -0.2) is 0 Å². The molecule has 1 unspecified atom stereocenters. The summed E-state index contributed by atoms with van der Waals surface area (Å²) in [6.45, 7) is 4.51. The zero-order valence-corrected chi connectivity index (χ0v) is 12.0. The Bertz CT molecular complexity index is 387. The lowest BCUT2D eigenvalue weighted by Crippen LogP contribution is -2.31. The van der Waals surface area contributed by atoms with E-state index in [2.05, 4.69) is 42.4 Å². The predicted molar refractivity (Wildman–Crippen MR) is 79.4 cm³/mol. The first-order valence-electron chi connectivity index (χ1n) is 7.22. The van der Waals surface area contributed by atoms with E-state index in [9.17, 15) is 0 Å². The molecule has 0 aromatic heterocycles. The first kappa shape index (κ1) is 13.4. The van der Waals surface area contributed by atoms with E-state index in [1.54, 1.807) is 11.1 Å². The summed E-state index contributed by atoms with van der Waals surface area (Å²) in [6.07, 6.45) is 5.11. The maximum absolute atomic E-state index is 3.29. The Kier molecular flexibility index (Phi) is 4.65. The van der Waals surface area contributed by atoms with Gasteiger partial charge < -0.3 is 10.2 Å². The highest BCUT2D eigenvalue weighted by Gasteiger charge is 2.14. The number of nitrogens with one attached hydrogen (secondary N) is 1. The summed E-state index contributed by atoms with van der Waals surface area (Å²) in [5, 5.41) is 3.29.